The standard InChI is InChI=1S/C18H22N2O15P3S2.C15H25N2O14P3S2.C14H22N2O15P3S2.C10H17N2O14P3S.2Y/c1-39-40-10-11-4-2-3-5-12(11)17(23)20-15(22)6-7-19(18(20)24)16-8-13(21)14(33-16)9-32-37(28,29)35-38(30,31)34-36(25,26)27;1-35-36-6-2-3-13(19)16-10-4-5-17(14(20)7-10)15-8-11(18)12(29-15)9-28-33(24,25)31-34(26,27)30-32(21,22)23;1-35-36-6-2-3-11(18)16-12(19)4-5-15(14(16)20)13-7-9(17)10(29-13)8-28-33(24,25)31-34(26,27)30-32(21,22)23;1-30-12-8(14)2-3-11(10(12)15)9-4-6(13)7(24-9)5-23-28(19,20)26-29(21,22)25-27(16,17)18;;/h2-5,7,13-14,16,21H,8-10H2,1H3,(H,28,29)(H,30,31)(H2,25,26,27);4-5,7,11-12,15,18H,2-3,6,8-9H2,1H3,(H,16,19)(H,24,25)(H,26,27)(H2,21,22,23);5,9-10,13,17H,2-3,6-8H2,1H3,(H,24,25)(H,26,27)(H2,21,22,23);2-3,6-7,9,13H,4-5H2,1H3,(H,19,20)(H,21,22)(H2,16,17,18);;/q-1;;-1;;;/p-3/t13-,14-,16-;11-,12-,15-;9-,10-,13-;6-,7-,9-;;/m1111../s1. The molecule has 1 aromatic carbocycles. The van der Waals surface area contributed by atoms with Crippen LogP contribution in [-0.2, 0) is 202 Å². The van der Waals surface area contributed by atoms with Crippen molar-refractivity contribution in [2.75, 3.05) is 68.3 Å². The van der Waals surface area contributed by atoms with Crippen molar-refractivity contribution < 1.29 is 305 Å². The number of carbonyl (C=O) groups is 3. The Morgan fingerprint density at radius 2 is 0.785 bits per heavy atom. The van der Waals surface area contributed by atoms with Gasteiger partial charge in [-0.1, -0.05) is 83.0 Å². The minimum atomic E-state index is -5.82. The molecule has 1 amide bonds. The number of hydrogen-bond donors (Lipinski definition) is 18. The maximum atomic E-state index is 13.2. The molecule has 4 aliphatic heterocycles. The molecule has 2 radical (unpaired) electrons. The zero-order chi connectivity index (χ0) is 107. The summed E-state index contributed by atoms with van der Waals surface area (Å²) in [6.45, 7) is -3.85. The normalized spacial score (nSPS) is 23.6. The van der Waals surface area contributed by atoms with Crippen molar-refractivity contribution in [2.45, 2.75) is 131 Å². The number of hydrogen-bond acceptors (Lipinski definition) is 52. The van der Waals surface area contributed by atoms with Crippen LogP contribution in [0.15, 0.2) is 101 Å². The molecular formula is C57H83N8O58P12S7Y2-5. The van der Waals surface area contributed by atoms with Crippen molar-refractivity contribution in [1.29, 1.82) is 0 Å². The molecule has 144 heavy (non-hydrogen) atoms. The molecule has 0 saturated carbocycles. The molecule has 66 nitrogen and oxygen atoms in total. The van der Waals surface area contributed by atoms with Crippen molar-refractivity contribution in [1.82, 2.24) is 31.4 Å². The molecule has 0 aliphatic carbocycles. The van der Waals surface area contributed by atoms with E-state index in [9.17, 15) is 148 Å². The number of amides is 1. The van der Waals surface area contributed by atoms with Gasteiger partial charge in [0.25, 0.3) is 40.5 Å². The number of benzene rings is 1. The van der Waals surface area contributed by atoms with E-state index in [1.165, 1.54) is 67.8 Å². The molecule has 4 saturated heterocycles. The molecule has 8 heterocycles. The first kappa shape index (κ1) is 135. The number of ether oxygens (including phenoxy) is 4. The Labute approximate surface area is 884 Å². The third-order valence-electron chi connectivity index (χ3n) is 17.1. The third-order valence-corrected chi connectivity index (χ3v) is 38.4. The zero-order valence-electron chi connectivity index (χ0n) is 72.7. The molecule has 18 N–H and O–H groups in total. The Balaban J connectivity index is 0.000000400. The smallest absolute Gasteiger partial charge is 0.490 e. The SMILES string of the molecule is CSSCCCC(=O)Nc1ccn([C@H]2C[C@@H](O)[C@@H](COP(=O)([O-])OP(=O)(O)OP(=O)(O)O)O2)c(=O)c1.CSSCCCC(=O)n1c(=O)[c-]cn([C@H]2C[C@@H](O)[C@@H](COP(=O)([O-])OP(=O)(O)OP(=O)(O)O)O2)c1=O.CSSCc1ccccc1C(=O)n1c(=O)[c-]cn([C@H]2C[C@@H](O)[C@@H](COP(=O)([O-])OP(=O)(O)OP(=O)(O)O)O2)c1=O.CSn1c(=O)ccn([C@H]2C[C@@H](O)[C@@H](COP(=O)(O)OP(=O)(O)OP(=O)(O)O)O2)c1=O.[Y].[Y]. The van der Waals surface area contributed by atoms with Gasteiger partial charge in [0.2, 0.25) is 11.8 Å². The van der Waals surface area contributed by atoms with E-state index in [1.807, 2.05) is 18.8 Å². The van der Waals surface area contributed by atoms with Gasteiger partial charge in [-0.3, -0.25) is 51.3 Å². The topological polar surface area (TPSA) is 983 Å². The van der Waals surface area contributed by atoms with Crippen molar-refractivity contribution in [3.05, 3.63) is 163 Å². The summed E-state index contributed by atoms with van der Waals surface area (Å²) < 4.78 is 207. The number of anilines is 1. The average Bonchev–Trinajstić information content (AvgIpc) is 1.45. The van der Waals surface area contributed by atoms with Gasteiger partial charge in [0, 0.05) is 163 Å². The van der Waals surface area contributed by atoms with Gasteiger partial charge in [0.1, 0.15) is 49.3 Å². The van der Waals surface area contributed by atoms with Crippen LogP contribution in [0.5, 0.6) is 0 Å². The van der Waals surface area contributed by atoms with Crippen molar-refractivity contribution in [2.24, 2.45) is 0 Å². The monoisotopic (exact) mass is 2580 g/mol. The second-order valence-electron chi connectivity index (χ2n) is 27.4. The number of nitrogens with zero attached hydrogens (tertiary/aromatic N) is 7. The van der Waals surface area contributed by atoms with Crippen LogP contribution in [0.4, 0.5) is 5.69 Å². The molecule has 87 heteroatoms. The first-order chi connectivity index (χ1) is 65.3. The van der Waals surface area contributed by atoms with E-state index in [0.717, 1.165) is 70.7 Å². The second-order valence-corrected chi connectivity index (χ2v) is 53.6. The van der Waals surface area contributed by atoms with Crippen LogP contribution in [-0.4, -0.2) is 245 Å². The fourth-order valence-electron chi connectivity index (χ4n) is 11.6. The van der Waals surface area contributed by atoms with Crippen LogP contribution >= 0.6 is 171 Å². The molecule has 4 aliphatic rings. The van der Waals surface area contributed by atoms with Crippen molar-refractivity contribution in [3.8, 4) is 0 Å². The largest absolute Gasteiger partial charge is 0.756 e. The van der Waals surface area contributed by atoms with E-state index in [0.29, 0.717) is 39.0 Å². The van der Waals surface area contributed by atoms with E-state index in [4.69, 9.17) is 72.8 Å². The first-order valence-electron chi connectivity index (χ1n) is 37.8. The van der Waals surface area contributed by atoms with E-state index >= 15 is 0 Å². The van der Waals surface area contributed by atoms with Gasteiger partial charge in [-0.2, -0.15) is 33.9 Å². The van der Waals surface area contributed by atoms with Crippen LogP contribution in [0.1, 0.15) is 97.0 Å². The molecule has 812 valence electrons. The number of carbonyl (C=O) groups excluding carboxylic acids is 3. The number of aromatic nitrogens is 7. The number of pyridine rings is 1. The van der Waals surface area contributed by atoms with Crippen LogP contribution in [0.3, 0.4) is 0 Å². The Hall–Kier alpha value is -1.00. The van der Waals surface area contributed by atoms with Gasteiger partial charge in [-0.15, -0.1) is 0 Å². The average molecular weight is 2580 g/mol. The Kier molecular flexibility index (Phi) is 55.3. The summed E-state index contributed by atoms with van der Waals surface area (Å²) in [5, 5.41) is 43.2. The maximum Gasteiger partial charge on any atom is 0.490 e. The number of aliphatic hydroxyl groups excluding tert-OH is 4. The molecule has 0 spiro atoms. The summed E-state index contributed by atoms with van der Waals surface area (Å²) >= 11 is 0.843. The molecule has 4 aromatic heterocycles. The summed E-state index contributed by atoms with van der Waals surface area (Å²) in [4.78, 5) is 274. The predicted octanol–water partition coefficient (Wildman–Crippen LogP) is 0.0318. The Morgan fingerprint density at radius 3 is 1.17 bits per heavy atom. The van der Waals surface area contributed by atoms with Crippen LogP contribution < -0.4 is 59.3 Å². The molecule has 0 bridgehead atoms. The maximum absolute atomic E-state index is 13.2. The number of nitrogens with one attached hydrogen (secondary N) is 1. The second kappa shape index (κ2) is 58.9. The quantitative estimate of drug-likeness (QED) is 0.0106. The van der Waals surface area contributed by atoms with Gasteiger partial charge in [-0.05, 0) is 61.3 Å². The number of phosphoric acid groups is 12. The van der Waals surface area contributed by atoms with Gasteiger partial charge in [0.05, 0.1) is 62.0 Å². The minimum absolute atomic E-state index is 0. The molecule has 20 atom stereocenters. The summed E-state index contributed by atoms with van der Waals surface area (Å²) in [6.07, 6.45) is -4.23. The van der Waals surface area contributed by atoms with E-state index in [1.54, 1.807) is 39.8 Å². The fourth-order valence-corrected chi connectivity index (χ4v) is 27.8. The fraction of sp³-hybridized carbons (Fsp3) is 0.544. The zero-order valence-corrected chi connectivity index (χ0v) is 94.9. The van der Waals surface area contributed by atoms with Gasteiger partial charge < -0.3 is 167 Å². The van der Waals surface area contributed by atoms with Gasteiger partial charge in [0.15, 0.2) is 0 Å². The third kappa shape index (κ3) is 46.4. The minimum Gasteiger partial charge on any atom is -0.756 e. The summed E-state index contributed by atoms with van der Waals surface area (Å²) in [5.74, 6) is -0.140. The van der Waals surface area contributed by atoms with Crippen LogP contribution in [0.25, 0.3) is 0 Å². The van der Waals surface area contributed by atoms with E-state index in [-0.39, 0.29) is 121 Å². The van der Waals surface area contributed by atoms with Crippen molar-refractivity contribution in [3.63, 3.8) is 0 Å². The van der Waals surface area contributed by atoms with Crippen LogP contribution in [0, 0.1) is 12.1 Å². The van der Waals surface area contributed by atoms with Crippen molar-refractivity contribution >= 4 is 194 Å². The van der Waals surface area contributed by atoms with Gasteiger partial charge >= 0.3 is 87.5 Å². The molecular weight excluding hydrogens is 2500 g/mol. The number of aliphatic hydroxyl groups is 4. The Bertz CT molecular complexity index is 6340. The first-order valence-corrected chi connectivity index (χ1v) is 65.1. The number of rotatable bonds is 48. The number of phosphoric ester groups is 4. The Morgan fingerprint density at radius 1 is 0.431 bits per heavy atom. The van der Waals surface area contributed by atoms with E-state index in [2.05, 4.69) is 70.0 Å². The van der Waals surface area contributed by atoms with Crippen LogP contribution in [0.2, 0.25) is 0 Å². The summed E-state index contributed by atoms with van der Waals surface area (Å²) in [5.41, 5.74) is -5.23. The predicted molar refractivity (Wildman–Crippen MR) is 484 cm³/mol. The molecule has 8 unspecified atom stereocenters. The van der Waals surface area contributed by atoms with Gasteiger partial charge in [-0.25, -0.2) is 81.5 Å². The van der Waals surface area contributed by atoms with E-state index < -0.39 is 245 Å². The molecule has 5 aromatic rings. The summed E-state index contributed by atoms with van der Waals surface area (Å²) in [6, 6.07) is 14.5. The molecule has 9 rings (SSSR count). The molecule has 4 fully saturated rings. The summed E-state index contributed by atoms with van der Waals surface area (Å²) in [7, 11) is -58.7.